The van der Waals surface area contributed by atoms with Crippen LogP contribution in [0.3, 0.4) is 0 Å². The number of aromatic nitrogens is 2. The first-order chi connectivity index (χ1) is 17.9. The summed E-state index contributed by atoms with van der Waals surface area (Å²) >= 11 is 9.77. The third-order valence-corrected chi connectivity index (χ3v) is 7.72. The van der Waals surface area contributed by atoms with E-state index in [-0.39, 0.29) is 41.3 Å². The Morgan fingerprint density at radius 2 is 1.92 bits per heavy atom. The van der Waals surface area contributed by atoms with Crippen LogP contribution in [0.5, 0.6) is 6.01 Å². The number of carbonyl (C=O) groups is 1. The molecule has 2 heterocycles. The van der Waals surface area contributed by atoms with Gasteiger partial charge in [-0.25, -0.2) is 0 Å². The minimum Gasteiger partial charge on any atom is -0.472 e. The highest BCUT2D eigenvalue weighted by molar-refractivity contribution is 9.10. The fourth-order valence-electron chi connectivity index (χ4n) is 3.92. The number of nitrogens with one attached hydrogen (secondary N) is 2. The SMILES string of the molecule is CCOc1nc(Cl)c(C(=O)NC)n1Cc1c2ccocc-2c(Br)c1-c1ccccc1NS(=O)(=O)C(F)(F)F. The number of amides is 1. The summed E-state index contributed by atoms with van der Waals surface area (Å²) in [4.78, 5) is 16.8. The van der Waals surface area contributed by atoms with Gasteiger partial charge in [-0.2, -0.15) is 26.6 Å². The van der Waals surface area contributed by atoms with Gasteiger partial charge in [0.15, 0.2) is 5.15 Å². The van der Waals surface area contributed by atoms with Gasteiger partial charge in [-0.05, 0) is 46.1 Å². The minimum absolute atomic E-state index is 0.000664. The van der Waals surface area contributed by atoms with Gasteiger partial charge < -0.3 is 14.5 Å². The summed E-state index contributed by atoms with van der Waals surface area (Å²) in [6.07, 6.45) is 2.84. The number of benzene rings is 1. The van der Waals surface area contributed by atoms with Gasteiger partial charge in [0.05, 0.1) is 31.4 Å². The number of carbonyl (C=O) groups excluding carboxylic acids is 1. The Balaban J connectivity index is 1.98. The van der Waals surface area contributed by atoms with Crippen LogP contribution in [0.1, 0.15) is 23.0 Å². The van der Waals surface area contributed by atoms with E-state index in [1.165, 1.54) is 42.3 Å². The largest absolute Gasteiger partial charge is 0.516 e. The summed E-state index contributed by atoms with van der Waals surface area (Å²) in [6, 6.07) is 7.31. The first-order valence-corrected chi connectivity index (χ1v) is 13.5. The molecule has 0 saturated heterocycles. The van der Waals surface area contributed by atoms with Crippen LogP contribution >= 0.6 is 27.5 Å². The lowest BCUT2D eigenvalue weighted by atomic mass is 10.0. The van der Waals surface area contributed by atoms with Crippen molar-refractivity contribution in [3.63, 3.8) is 0 Å². The van der Waals surface area contributed by atoms with E-state index in [0.29, 0.717) is 26.7 Å². The number of ether oxygens (including phenoxy) is 1. The monoisotopic (exact) mass is 634 g/mol. The van der Waals surface area contributed by atoms with Gasteiger partial charge in [0.2, 0.25) is 0 Å². The Labute approximate surface area is 228 Å². The quantitative estimate of drug-likeness (QED) is 0.256. The zero-order valence-electron chi connectivity index (χ0n) is 19.7. The molecule has 1 aliphatic heterocycles. The number of alkyl halides is 3. The summed E-state index contributed by atoms with van der Waals surface area (Å²) in [7, 11) is -4.30. The Hall–Kier alpha value is -3.23. The highest BCUT2D eigenvalue weighted by Gasteiger charge is 2.46. The normalized spacial score (nSPS) is 12.1. The third-order valence-electron chi connectivity index (χ3n) is 5.54. The first-order valence-electron chi connectivity index (χ1n) is 10.9. The second-order valence-corrected chi connectivity index (χ2v) is 10.6. The van der Waals surface area contributed by atoms with Crippen LogP contribution in [0, 0.1) is 0 Å². The van der Waals surface area contributed by atoms with Crippen LogP contribution in [0.2, 0.25) is 5.15 Å². The van der Waals surface area contributed by atoms with Gasteiger partial charge in [0.1, 0.15) is 5.69 Å². The molecule has 1 aromatic heterocycles. The van der Waals surface area contributed by atoms with E-state index in [1.54, 1.807) is 23.8 Å². The lowest BCUT2D eigenvalue weighted by Gasteiger charge is -2.17. The number of rotatable bonds is 8. The maximum atomic E-state index is 13.2. The van der Waals surface area contributed by atoms with Crippen molar-refractivity contribution in [2.24, 2.45) is 0 Å². The molecule has 15 heteroatoms. The molecule has 0 atom stereocenters. The zero-order valence-corrected chi connectivity index (χ0v) is 22.8. The fraction of sp³-hybridized carbons (Fsp3) is 0.217. The molecule has 2 N–H and O–H groups in total. The van der Waals surface area contributed by atoms with Crippen molar-refractivity contribution >= 4 is 49.1 Å². The fourth-order valence-corrected chi connectivity index (χ4v) is 5.53. The number of halogens is 5. The highest BCUT2D eigenvalue weighted by Crippen LogP contribution is 2.49. The van der Waals surface area contributed by atoms with Gasteiger partial charge in [0, 0.05) is 28.2 Å². The predicted molar refractivity (Wildman–Crippen MR) is 138 cm³/mol. The maximum absolute atomic E-state index is 13.2. The van der Waals surface area contributed by atoms with Crippen molar-refractivity contribution in [1.29, 1.82) is 0 Å². The number of para-hydroxylation sites is 1. The van der Waals surface area contributed by atoms with Crippen LogP contribution in [0.25, 0.3) is 22.3 Å². The zero-order chi connectivity index (χ0) is 27.8. The van der Waals surface area contributed by atoms with Crippen LogP contribution in [-0.4, -0.2) is 43.0 Å². The van der Waals surface area contributed by atoms with Gasteiger partial charge in [0.25, 0.3) is 11.9 Å². The third kappa shape index (κ3) is 4.95. The second-order valence-electron chi connectivity index (χ2n) is 7.78. The number of nitrogens with zero attached hydrogens (tertiary/aromatic N) is 2. The van der Waals surface area contributed by atoms with Crippen molar-refractivity contribution in [2.75, 3.05) is 18.4 Å². The van der Waals surface area contributed by atoms with Crippen molar-refractivity contribution in [3.05, 3.63) is 63.7 Å². The molecule has 0 saturated carbocycles. The Morgan fingerprint density at radius 3 is 2.58 bits per heavy atom. The predicted octanol–water partition coefficient (Wildman–Crippen LogP) is 5.73. The van der Waals surface area contributed by atoms with Gasteiger partial charge >= 0.3 is 15.5 Å². The van der Waals surface area contributed by atoms with Gasteiger partial charge in [-0.3, -0.25) is 14.1 Å². The number of sulfonamides is 1. The number of fused-ring (bicyclic) bond motifs is 1. The number of imidazole rings is 1. The second kappa shape index (κ2) is 10.5. The molecule has 0 spiro atoms. The maximum Gasteiger partial charge on any atom is 0.516 e. The van der Waals surface area contributed by atoms with E-state index in [4.69, 9.17) is 20.8 Å². The Morgan fingerprint density at radius 1 is 1.21 bits per heavy atom. The van der Waals surface area contributed by atoms with Crippen molar-refractivity contribution in [1.82, 2.24) is 14.9 Å². The average Bonchev–Trinajstić information content (AvgIpc) is 3.32. The van der Waals surface area contributed by atoms with Gasteiger partial charge in [-0.1, -0.05) is 29.8 Å². The molecule has 0 radical (unpaired) electrons. The summed E-state index contributed by atoms with van der Waals surface area (Å²) in [5.41, 5.74) is -3.67. The van der Waals surface area contributed by atoms with Crippen LogP contribution in [0.4, 0.5) is 18.9 Å². The summed E-state index contributed by atoms with van der Waals surface area (Å²) < 4.78 is 77.9. The number of anilines is 1. The molecule has 0 fully saturated rings. The molecule has 2 aromatic rings. The lowest BCUT2D eigenvalue weighted by molar-refractivity contribution is -0.0429. The smallest absolute Gasteiger partial charge is 0.472 e. The van der Waals surface area contributed by atoms with E-state index in [1.807, 2.05) is 0 Å². The minimum atomic E-state index is -5.72. The van der Waals surface area contributed by atoms with Crippen molar-refractivity contribution in [2.45, 2.75) is 19.0 Å². The molecule has 2 aliphatic rings. The Kier molecular flexibility index (Phi) is 7.68. The molecule has 1 aliphatic carbocycles. The highest BCUT2D eigenvalue weighted by atomic mass is 79.9. The van der Waals surface area contributed by atoms with E-state index < -0.39 is 21.4 Å². The first kappa shape index (κ1) is 27.8. The molecule has 0 bridgehead atoms. The van der Waals surface area contributed by atoms with E-state index >= 15 is 0 Å². The van der Waals surface area contributed by atoms with Crippen molar-refractivity contribution in [3.8, 4) is 28.3 Å². The standard InChI is InChI=1S/C23H19BrClF3N4O5S/c1-3-37-22-30-20(25)19(21(33)29-2)32(22)10-14-12-8-9-36-11-15(12)18(24)17(14)13-6-4-5-7-16(13)31-38(34,35)23(26,27)28/h4-9,11,31H,3,10H2,1-2H3,(H,29,33). The molecule has 4 rings (SSSR count). The molecular weight excluding hydrogens is 617 g/mol. The molecule has 1 amide bonds. The van der Waals surface area contributed by atoms with Crippen molar-refractivity contribution < 1.29 is 35.5 Å². The number of hydrogen-bond acceptors (Lipinski definition) is 6. The lowest BCUT2D eigenvalue weighted by Crippen LogP contribution is -2.30. The molecule has 0 unspecified atom stereocenters. The topological polar surface area (TPSA) is 115 Å². The molecule has 38 heavy (non-hydrogen) atoms. The summed E-state index contributed by atoms with van der Waals surface area (Å²) in [5.74, 6) is -0.543. The van der Waals surface area contributed by atoms with Crippen LogP contribution < -0.4 is 14.8 Å². The molecular formula is C23H19BrClF3N4O5S. The van der Waals surface area contributed by atoms with Gasteiger partial charge in [-0.15, -0.1) is 0 Å². The van der Waals surface area contributed by atoms with E-state index in [9.17, 15) is 26.4 Å². The van der Waals surface area contributed by atoms with Crippen LogP contribution in [0.15, 0.2) is 51.7 Å². The molecule has 1 aromatic carbocycles. The molecule has 202 valence electrons. The van der Waals surface area contributed by atoms with E-state index in [2.05, 4.69) is 26.2 Å². The van der Waals surface area contributed by atoms with Crippen LogP contribution in [-0.2, 0) is 16.6 Å². The summed E-state index contributed by atoms with van der Waals surface area (Å²) in [6.45, 7) is 1.86. The number of hydrogen-bond donors (Lipinski definition) is 2. The average molecular weight is 636 g/mol. The van der Waals surface area contributed by atoms with E-state index in [0.717, 1.165) is 0 Å². The summed E-state index contributed by atoms with van der Waals surface area (Å²) in [5, 5.41) is 2.38. The molecule has 9 nitrogen and oxygen atoms in total. The Bertz CT molecular complexity index is 1590.